The van der Waals surface area contributed by atoms with Crippen LogP contribution in [-0.4, -0.2) is 39.9 Å². The van der Waals surface area contributed by atoms with E-state index < -0.39 is 23.3 Å². The number of aliphatic hydroxyl groups excluding tert-OH is 1. The highest BCUT2D eigenvalue weighted by Gasteiger charge is 2.30. The van der Waals surface area contributed by atoms with E-state index in [0.29, 0.717) is 37.1 Å². The van der Waals surface area contributed by atoms with Crippen LogP contribution in [-0.2, 0) is 6.42 Å². The van der Waals surface area contributed by atoms with Gasteiger partial charge in [-0.2, -0.15) is 0 Å². The minimum atomic E-state index is -1.30. The van der Waals surface area contributed by atoms with Crippen LogP contribution in [0.2, 0.25) is 0 Å². The first-order valence-corrected chi connectivity index (χ1v) is 8.95. The molecule has 2 aromatic rings. The van der Waals surface area contributed by atoms with Crippen LogP contribution in [0.4, 0.5) is 10.1 Å². The van der Waals surface area contributed by atoms with Crippen molar-refractivity contribution in [2.45, 2.75) is 44.8 Å². The van der Waals surface area contributed by atoms with Gasteiger partial charge >= 0.3 is 5.97 Å². The average molecular weight is 360 g/mol. The Kier molecular flexibility index (Phi) is 3.99. The summed E-state index contributed by atoms with van der Waals surface area (Å²) in [5.74, 6) is -1.83. The summed E-state index contributed by atoms with van der Waals surface area (Å²) in [6.07, 6.45) is 3.71. The highest BCUT2D eigenvalue weighted by atomic mass is 19.1. The number of carboxylic acid groups (broad SMARTS) is 1. The third-order valence-corrected chi connectivity index (χ3v) is 5.57. The van der Waals surface area contributed by atoms with Crippen molar-refractivity contribution in [2.75, 3.05) is 18.0 Å². The molecule has 1 aromatic heterocycles. The topological polar surface area (TPSA) is 82.8 Å². The Morgan fingerprint density at radius 1 is 1.35 bits per heavy atom. The second-order valence-electron chi connectivity index (χ2n) is 7.30. The second kappa shape index (κ2) is 6.09. The largest absolute Gasteiger partial charge is 0.477 e. The van der Waals surface area contributed by atoms with E-state index in [9.17, 15) is 19.8 Å². The van der Waals surface area contributed by atoms with E-state index in [1.807, 2.05) is 11.8 Å². The number of aliphatic hydroxyl groups is 1. The third kappa shape index (κ3) is 2.49. The van der Waals surface area contributed by atoms with Gasteiger partial charge < -0.3 is 19.7 Å². The first kappa shape index (κ1) is 17.0. The molecule has 4 rings (SSSR count). The summed E-state index contributed by atoms with van der Waals surface area (Å²) >= 11 is 0. The molecule has 6 nitrogen and oxygen atoms in total. The van der Waals surface area contributed by atoms with Crippen LogP contribution in [0.3, 0.4) is 0 Å². The third-order valence-electron chi connectivity index (χ3n) is 5.57. The normalized spacial score (nSPS) is 22.7. The number of nitrogens with zero attached hydrogens (tertiary/aromatic N) is 2. The molecular formula is C19H21FN2O4. The number of aryl methyl sites for hydroxylation is 1. The number of aromatic nitrogens is 1. The predicted octanol–water partition coefficient (Wildman–Crippen LogP) is 2.31. The lowest BCUT2D eigenvalue weighted by molar-refractivity contribution is 0.0694. The molecule has 1 aromatic carbocycles. The maximum Gasteiger partial charge on any atom is 0.341 e. The Bertz CT molecular complexity index is 968. The molecule has 138 valence electrons. The molecule has 2 N–H and O–H groups in total. The van der Waals surface area contributed by atoms with Gasteiger partial charge in [0.1, 0.15) is 11.4 Å². The minimum absolute atomic E-state index is 0.0222. The van der Waals surface area contributed by atoms with Crippen LogP contribution in [0.1, 0.15) is 48.1 Å². The van der Waals surface area contributed by atoms with Gasteiger partial charge in [0.2, 0.25) is 5.43 Å². The van der Waals surface area contributed by atoms with E-state index >= 15 is 4.39 Å². The van der Waals surface area contributed by atoms with Crippen molar-refractivity contribution in [3.8, 4) is 0 Å². The molecule has 1 saturated heterocycles. The van der Waals surface area contributed by atoms with Crippen molar-refractivity contribution in [1.29, 1.82) is 0 Å². The molecule has 0 aliphatic carbocycles. The molecule has 2 atom stereocenters. The average Bonchev–Trinajstić information content (AvgIpc) is 2.59. The van der Waals surface area contributed by atoms with E-state index in [2.05, 4.69) is 0 Å². The molecule has 0 spiro atoms. The van der Waals surface area contributed by atoms with Gasteiger partial charge in [-0.15, -0.1) is 0 Å². The second-order valence-corrected chi connectivity index (χ2v) is 7.30. The molecule has 0 saturated carbocycles. The Labute approximate surface area is 149 Å². The monoisotopic (exact) mass is 360 g/mol. The number of halogens is 1. The quantitative estimate of drug-likeness (QED) is 0.859. The number of rotatable bonds is 2. The van der Waals surface area contributed by atoms with Crippen molar-refractivity contribution >= 4 is 22.6 Å². The molecule has 0 radical (unpaired) electrons. The van der Waals surface area contributed by atoms with Gasteiger partial charge in [0.25, 0.3) is 0 Å². The van der Waals surface area contributed by atoms with Crippen molar-refractivity contribution in [1.82, 2.24) is 4.57 Å². The first-order chi connectivity index (χ1) is 12.4. The number of pyridine rings is 1. The van der Waals surface area contributed by atoms with Crippen LogP contribution in [0, 0.1) is 5.82 Å². The first-order valence-electron chi connectivity index (χ1n) is 8.95. The summed E-state index contributed by atoms with van der Waals surface area (Å²) in [5.41, 5.74) is 0.816. The van der Waals surface area contributed by atoms with E-state index in [1.54, 1.807) is 4.57 Å². The van der Waals surface area contributed by atoms with Crippen molar-refractivity contribution in [2.24, 2.45) is 0 Å². The van der Waals surface area contributed by atoms with Crippen LogP contribution in [0.25, 0.3) is 10.9 Å². The SMILES string of the molecule is CC1CCc2c(N3CCCC(O)C3)c(F)cc3c(=O)c(C(=O)O)cn1c23. The number of benzene rings is 1. The molecule has 2 aliphatic rings. The zero-order valence-electron chi connectivity index (χ0n) is 14.5. The molecule has 0 amide bonds. The van der Waals surface area contributed by atoms with Gasteiger partial charge in [-0.3, -0.25) is 4.79 Å². The van der Waals surface area contributed by atoms with Gasteiger partial charge in [-0.25, -0.2) is 9.18 Å². The summed E-state index contributed by atoms with van der Waals surface area (Å²) in [5, 5.41) is 19.4. The van der Waals surface area contributed by atoms with Crippen molar-refractivity contribution in [3.63, 3.8) is 0 Å². The van der Waals surface area contributed by atoms with E-state index in [1.165, 1.54) is 12.3 Å². The maximum absolute atomic E-state index is 15.0. The number of aromatic carboxylic acids is 1. The number of β-amino-alcohol motifs (C(OH)–C–C–N with tert-alkyl or cyclic N) is 1. The van der Waals surface area contributed by atoms with Crippen LogP contribution < -0.4 is 10.3 Å². The predicted molar refractivity (Wildman–Crippen MR) is 95.6 cm³/mol. The Hall–Kier alpha value is -2.41. The number of carbonyl (C=O) groups is 1. The van der Waals surface area contributed by atoms with E-state index in [-0.39, 0.29) is 17.0 Å². The number of hydrogen-bond donors (Lipinski definition) is 2. The van der Waals surface area contributed by atoms with Gasteiger partial charge in [0.05, 0.1) is 17.3 Å². The molecular weight excluding hydrogens is 339 g/mol. The summed E-state index contributed by atoms with van der Waals surface area (Å²) < 4.78 is 16.8. The Balaban J connectivity index is 2.03. The molecule has 0 bridgehead atoms. The number of anilines is 1. The lowest BCUT2D eigenvalue weighted by Crippen LogP contribution is -2.39. The fourth-order valence-corrected chi connectivity index (χ4v) is 4.29. The lowest BCUT2D eigenvalue weighted by Gasteiger charge is -2.36. The summed E-state index contributed by atoms with van der Waals surface area (Å²) in [6, 6.07) is 1.19. The Morgan fingerprint density at radius 3 is 2.81 bits per heavy atom. The van der Waals surface area contributed by atoms with Crippen LogP contribution in [0.5, 0.6) is 0 Å². The minimum Gasteiger partial charge on any atom is -0.477 e. The fraction of sp³-hybridized carbons (Fsp3) is 0.474. The summed E-state index contributed by atoms with van der Waals surface area (Å²) in [6.45, 7) is 2.98. The lowest BCUT2D eigenvalue weighted by atomic mass is 9.93. The number of piperidine rings is 1. The highest BCUT2D eigenvalue weighted by Crippen LogP contribution is 2.38. The standard InChI is InChI=1S/C19H21FN2O4/c1-10-4-5-12-16-13(18(24)14(19(25)26)9-22(10)16)7-15(20)17(12)21-6-2-3-11(23)8-21/h7,9-11,23H,2-6,8H2,1H3,(H,25,26). The molecule has 7 heteroatoms. The van der Waals surface area contributed by atoms with E-state index in [0.717, 1.165) is 18.4 Å². The Morgan fingerprint density at radius 2 is 2.12 bits per heavy atom. The molecule has 3 heterocycles. The summed E-state index contributed by atoms with van der Waals surface area (Å²) in [7, 11) is 0. The molecule has 2 aliphatic heterocycles. The van der Waals surface area contributed by atoms with Crippen molar-refractivity contribution < 1.29 is 19.4 Å². The number of hydrogen-bond acceptors (Lipinski definition) is 4. The van der Waals surface area contributed by atoms with Crippen LogP contribution >= 0.6 is 0 Å². The van der Waals surface area contributed by atoms with Gasteiger partial charge in [0.15, 0.2) is 0 Å². The fourth-order valence-electron chi connectivity index (χ4n) is 4.29. The van der Waals surface area contributed by atoms with Crippen LogP contribution in [0.15, 0.2) is 17.1 Å². The van der Waals surface area contributed by atoms with E-state index in [4.69, 9.17) is 0 Å². The highest BCUT2D eigenvalue weighted by molar-refractivity contribution is 5.95. The summed E-state index contributed by atoms with van der Waals surface area (Å²) in [4.78, 5) is 25.9. The zero-order chi connectivity index (χ0) is 18.6. The molecule has 26 heavy (non-hydrogen) atoms. The molecule has 1 fully saturated rings. The van der Waals surface area contributed by atoms with Gasteiger partial charge in [-0.05, 0) is 38.7 Å². The molecule has 2 unspecified atom stereocenters. The van der Waals surface area contributed by atoms with Gasteiger partial charge in [-0.1, -0.05) is 0 Å². The smallest absolute Gasteiger partial charge is 0.341 e. The number of carboxylic acids is 1. The van der Waals surface area contributed by atoms with Gasteiger partial charge in [0, 0.05) is 36.3 Å². The maximum atomic E-state index is 15.0. The zero-order valence-corrected chi connectivity index (χ0v) is 14.5. The van der Waals surface area contributed by atoms with Crippen molar-refractivity contribution in [3.05, 3.63) is 39.4 Å².